The second-order valence-electron chi connectivity index (χ2n) is 4.60. The summed E-state index contributed by atoms with van der Waals surface area (Å²) in [5.41, 5.74) is 12.8. The quantitative estimate of drug-likeness (QED) is 0.702. The minimum Gasteiger partial charge on any atom is -0.370 e. The van der Waals surface area contributed by atoms with Crippen LogP contribution in [0.1, 0.15) is 37.4 Å². The molecule has 1 rings (SSSR count). The van der Waals surface area contributed by atoms with Gasteiger partial charge in [0.25, 0.3) is 0 Å². The summed E-state index contributed by atoms with van der Waals surface area (Å²) in [6, 6.07) is 6.96. The highest BCUT2D eigenvalue weighted by Gasteiger charge is 2.18. The number of primary amides is 1. The number of amides is 2. The van der Waals surface area contributed by atoms with Crippen LogP contribution in [0.25, 0.3) is 0 Å². The molecule has 5 nitrogen and oxygen atoms in total. The van der Waals surface area contributed by atoms with Gasteiger partial charge in [0.05, 0.1) is 18.5 Å². The van der Waals surface area contributed by atoms with Crippen molar-refractivity contribution in [1.29, 1.82) is 0 Å². The fourth-order valence-electron chi connectivity index (χ4n) is 1.76. The lowest BCUT2D eigenvalue weighted by Crippen LogP contribution is -2.43. The Morgan fingerprint density at radius 1 is 1.26 bits per heavy atom. The Kier molecular flexibility index (Phi) is 5.51. The molecule has 0 saturated carbocycles. The highest BCUT2D eigenvalue weighted by atomic mass is 16.2. The van der Waals surface area contributed by atoms with Crippen molar-refractivity contribution >= 4 is 11.8 Å². The molecule has 0 aliphatic heterocycles. The molecule has 0 saturated heterocycles. The van der Waals surface area contributed by atoms with Crippen LogP contribution >= 0.6 is 0 Å². The summed E-state index contributed by atoms with van der Waals surface area (Å²) in [5.74, 6) is -0.950. The van der Waals surface area contributed by atoms with Gasteiger partial charge in [-0.05, 0) is 24.5 Å². The average molecular weight is 263 g/mol. The smallest absolute Gasteiger partial charge is 0.237 e. The fraction of sp³-hybridized carbons (Fsp3) is 0.429. The van der Waals surface area contributed by atoms with Crippen LogP contribution in [0.3, 0.4) is 0 Å². The van der Waals surface area contributed by atoms with E-state index < -0.39 is 11.9 Å². The van der Waals surface area contributed by atoms with Gasteiger partial charge in [-0.2, -0.15) is 0 Å². The number of carbonyl (C=O) groups excluding carboxylic acids is 2. The van der Waals surface area contributed by atoms with Gasteiger partial charge in [-0.25, -0.2) is 0 Å². The zero-order chi connectivity index (χ0) is 14.4. The van der Waals surface area contributed by atoms with E-state index in [1.807, 2.05) is 31.2 Å². The van der Waals surface area contributed by atoms with E-state index in [1.54, 1.807) is 0 Å². The van der Waals surface area contributed by atoms with Crippen molar-refractivity contribution in [3.63, 3.8) is 0 Å². The van der Waals surface area contributed by atoms with Crippen LogP contribution in [0.2, 0.25) is 0 Å². The monoisotopic (exact) mass is 263 g/mol. The van der Waals surface area contributed by atoms with Gasteiger partial charge < -0.3 is 16.8 Å². The Morgan fingerprint density at radius 3 is 2.32 bits per heavy atom. The Hall–Kier alpha value is -1.88. The number of benzene rings is 1. The summed E-state index contributed by atoms with van der Waals surface area (Å²) in [6.07, 6.45) is 0.831. The molecule has 0 aliphatic carbocycles. The third-order valence-corrected chi connectivity index (χ3v) is 3.00. The van der Waals surface area contributed by atoms with E-state index in [2.05, 4.69) is 12.2 Å². The first kappa shape index (κ1) is 15.2. The second-order valence-corrected chi connectivity index (χ2v) is 4.60. The summed E-state index contributed by atoms with van der Waals surface area (Å²) < 4.78 is 0. The molecular weight excluding hydrogens is 242 g/mol. The first-order valence-electron chi connectivity index (χ1n) is 6.37. The molecule has 2 unspecified atom stereocenters. The standard InChI is InChI=1S/C14H21N3O2/c1-3-10-4-6-11(7-5-10)9(2)17-14(19)12(15)8-13(16)18/h4-7,9,12H,3,8,15H2,1-2H3,(H2,16,18)(H,17,19). The average Bonchev–Trinajstić information content (AvgIpc) is 2.37. The van der Waals surface area contributed by atoms with E-state index in [-0.39, 0.29) is 18.4 Å². The van der Waals surface area contributed by atoms with Crippen LogP contribution in [-0.4, -0.2) is 17.9 Å². The molecule has 0 bridgehead atoms. The third kappa shape index (κ3) is 4.71. The summed E-state index contributed by atoms with van der Waals surface area (Å²) in [5, 5.41) is 2.77. The highest BCUT2D eigenvalue weighted by Crippen LogP contribution is 2.13. The molecule has 0 aliphatic rings. The van der Waals surface area contributed by atoms with Gasteiger partial charge in [0.1, 0.15) is 0 Å². The molecule has 2 amide bonds. The van der Waals surface area contributed by atoms with Gasteiger partial charge in [-0.3, -0.25) is 9.59 Å². The number of rotatable bonds is 6. The Morgan fingerprint density at radius 2 is 1.84 bits per heavy atom. The molecule has 1 aromatic carbocycles. The summed E-state index contributed by atoms with van der Waals surface area (Å²) in [7, 11) is 0. The van der Waals surface area contributed by atoms with E-state index >= 15 is 0 Å². The van der Waals surface area contributed by atoms with Gasteiger partial charge in [-0.1, -0.05) is 31.2 Å². The third-order valence-electron chi connectivity index (χ3n) is 3.00. The maximum Gasteiger partial charge on any atom is 0.237 e. The SMILES string of the molecule is CCc1ccc(C(C)NC(=O)C(N)CC(N)=O)cc1. The minimum absolute atomic E-state index is 0.146. The van der Waals surface area contributed by atoms with E-state index in [0.29, 0.717) is 0 Å². The van der Waals surface area contributed by atoms with E-state index in [1.165, 1.54) is 5.56 Å². The van der Waals surface area contributed by atoms with Crippen LogP contribution in [0.5, 0.6) is 0 Å². The predicted molar refractivity (Wildman–Crippen MR) is 74.2 cm³/mol. The topological polar surface area (TPSA) is 98.2 Å². The molecule has 5 N–H and O–H groups in total. The van der Waals surface area contributed by atoms with Crippen molar-refractivity contribution in [2.45, 2.75) is 38.8 Å². The zero-order valence-corrected chi connectivity index (χ0v) is 11.3. The molecule has 0 spiro atoms. The molecule has 104 valence electrons. The maximum absolute atomic E-state index is 11.7. The van der Waals surface area contributed by atoms with Crippen LogP contribution in [0.4, 0.5) is 0 Å². The van der Waals surface area contributed by atoms with Gasteiger partial charge in [0.2, 0.25) is 11.8 Å². The molecule has 0 aromatic heterocycles. The Labute approximate surface area is 113 Å². The van der Waals surface area contributed by atoms with Gasteiger partial charge >= 0.3 is 0 Å². The van der Waals surface area contributed by atoms with Crippen molar-refractivity contribution in [3.05, 3.63) is 35.4 Å². The first-order chi connectivity index (χ1) is 8.93. The van der Waals surface area contributed by atoms with Crippen molar-refractivity contribution in [1.82, 2.24) is 5.32 Å². The molecule has 0 heterocycles. The fourth-order valence-corrected chi connectivity index (χ4v) is 1.76. The van der Waals surface area contributed by atoms with Crippen LogP contribution < -0.4 is 16.8 Å². The van der Waals surface area contributed by atoms with Gasteiger partial charge in [0, 0.05) is 0 Å². The molecule has 5 heteroatoms. The Bertz CT molecular complexity index is 443. The zero-order valence-electron chi connectivity index (χ0n) is 11.3. The van der Waals surface area contributed by atoms with E-state index in [9.17, 15) is 9.59 Å². The molecule has 0 radical (unpaired) electrons. The number of nitrogens with one attached hydrogen (secondary N) is 1. The first-order valence-corrected chi connectivity index (χ1v) is 6.37. The van der Waals surface area contributed by atoms with E-state index in [4.69, 9.17) is 11.5 Å². The van der Waals surface area contributed by atoms with Crippen molar-refractivity contribution in [3.8, 4) is 0 Å². The number of aryl methyl sites for hydroxylation is 1. The van der Waals surface area contributed by atoms with E-state index in [0.717, 1.165) is 12.0 Å². The highest BCUT2D eigenvalue weighted by molar-refractivity contribution is 5.87. The molecule has 1 aromatic rings. The molecular formula is C14H21N3O2. The van der Waals surface area contributed by atoms with Crippen molar-refractivity contribution in [2.24, 2.45) is 11.5 Å². The summed E-state index contributed by atoms with van der Waals surface area (Å²) >= 11 is 0. The normalized spacial score (nSPS) is 13.6. The molecule has 0 fully saturated rings. The van der Waals surface area contributed by atoms with Crippen molar-refractivity contribution < 1.29 is 9.59 Å². The summed E-state index contributed by atoms with van der Waals surface area (Å²) in [4.78, 5) is 22.4. The number of hydrogen-bond acceptors (Lipinski definition) is 3. The van der Waals surface area contributed by atoms with Crippen LogP contribution in [0, 0.1) is 0 Å². The van der Waals surface area contributed by atoms with Crippen molar-refractivity contribution in [2.75, 3.05) is 0 Å². The van der Waals surface area contributed by atoms with Crippen LogP contribution in [0.15, 0.2) is 24.3 Å². The van der Waals surface area contributed by atoms with Gasteiger partial charge in [-0.15, -0.1) is 0 Å². The minimum atomic E-state index is -0.894. The number of carbonyl (C=O) groups is 2. The van der Waals surface area contributed by atoms with Crippen LogP contribution in [-0.2, 0) is 16.0 Å². The molecule has 19 heavy (non-hydrogen) atoms. The molecule has 2 atom stereocenters. The largest absolute Gasteiger partial charge is 0.370 e. The number of nitrogens with two attached hydrogens (primary N) is 2. The number of hydrogen-bond donors (Lipinski definition) is 3. The maximum atomic E-state index is 11.7. The lowest BCUT2D eigenvalue weighted by Gasteiger charge is -2.17. The lowest BCUT2D eigenvalue weighted by molar-refractivity contribution is -0.126. The lowest BCUT2D eigenvalue weighted by atomic mass is 10.0. The Balaban J connectivity index is 2.60. The summed E-state index contributed by atoms with van der Waals surface area (Å²) in [6.45, 7) is 3.96. The second kappa shape index (κ2) is 6.89. The predicted octanol–water partition coefficient (Wildman–Crippen LogP) is 0.629. The van der Waals surface area contributed by atoms with Gasteiger partial charge in [0.15, 0.2) is 0 Å².